The van der Waals surface area contributed by atoms with E-state index in [1.54, 1.807) is 0 Å². The molecule has 0 saturated heterocycles. The van der Waals surface area contributed by atoms with Crippen LogP contribution in [-0.2, 0) is 13.0 Å². The summed E-state index contributed by atoms with van der Waals surface area (Å²) < 4.78 is 1.90. The predicted octanol–water partition coefficient (Wildman–Crippen LogP) is 2.92. The van der Waals surface area contributed by atoms with Crippen LogP contribution in [0.2, 0.25) is 0 Å². The Morgan fingerprint density at radius 2 is 1.92 bits per heavy atom. The molecular weight excluding hydrogens is 316 g/mol. The Morgan fingerprint density at radius 1 is 1.16 bits per heavy atom. The highest BCUT2D eigenvalue weighted by molar-refractivity contribution is 6.03. The van der Waals surface area contributed by atoms with Crippen LogP contribution >= 0.6 is 0 Å². The smallest absolute Gasteiger partial charge is 0.291 e. The fourth-order valence-corrected chi connectivity index (χ4v) is 3.04. The van der Waals surface area contributed by atoms with Gasteiger partial charge in [-0.1, -0.05) is 24.6 Å². The fourth-order valence-electron chi connectivity index (χ4n) is 3.04. The van der Waals surface area contributed by atoms with Crippen LogP contribution in [0.25, 0.3) is 0 Å². The number of nitrogens with one attached hydrogen (secondary N) is 2. The van der Waals surface area contributed by atoms with Gasteiger partial charge < -0.3 is 15.2 Å². The van der Waals surface area contributed by atoms with Gasteiger partial charge in [0, 0.05) is 18.8 Å². The van der Waals surface area contributed by atoms with Crippen molar-refractivity contribution in [1.82, 2.24) is 14.9 Å². The minimum atomic E-state index is -0.276. The summed E-state index contributed by atoms with van der Waals surface area (Å²) in [6.07, 6.45) is 3.64. The molecule has 2 aromatic rings. The molecule has 2 heterocycles. The number of fused-ring (bicyclic) bond motifs is 1. The van der Waals surface area contributed by atoms with Crippen LogP contribution < -0.4 is 10.6 Å². The minimum Gasteiger partial charge on any atom is -0.351 e. The van der Waals surface area contributed by atoms with Crippen molar-refractivity contribution in [3.8, 4) is 0 Å². The second-order valence-electron chi connectivity index (χ2n) is 6.42. The number of hydrogen-bond acceptors (Lipinski definition) is 3. The zero-order valence-electron chi connectivity index (χ0n) is 14.8. The lowest BCUT2D eigenvalue weighted by Crippen LogP contribution is -2.26. The molecule has 25 heavy (non-hydrogen) atoms. The molecule has 1 aromatic carbocycles. The third kappa shape index (κ3) is 3.73. The highest BCUT2D eigenvalue weighted by Crippen LogP contribution is 2.22. The van der Waals surface area contributed by atoms with E-state index in [-0.39, 0.29) is 11.8 Å². The number of anilines is 1. The van der Waals surface area contributed by atoms with Crippen molar-refractivity contribution in [1.29, 1.82) is 0 Å². The third-order valence-electron chi connectivity index (χ3n) is 4.38. The third-order valence-corrected chi connectivity index (χ3v) is 4.38. The first-order chi connectivity index (χ1) is 12.1. The molecule has 0 atom stereocenters. The number of amides is 2. The summed E-state index contributed by atoms with van der Waals surface area (Å²) in [7, 11) is 0. The maximum absolute atomic E-state index is 12.7. The zero-order chi connectivity index (χ0) is 17.8. The van der Waals surface area contributed by atoms with Gasteiger partial charge in [0.05, 0.1) is 5.69 Å². The van der Waals surface area contributed by atoms with Gasteiger partial charge in [-0.25, -0.2) is 4.98 Å². The van der Waals surface area contributed by atoms with Crippen molar-refractivity contribution in [3.63, 3.8) is 0 Å². The van der Waals surface area contributed by atoms with Gasteiger partial charge in [0.2, 0.25) is 0 Å². The molecule has 1 aliphatic heterocycles. The van der Waals surface area contributed by atoms with Gasteiger partial charge in [0.1, 0.15) is 5.69 Å². The van der Waals surface area contributed by atoms with Crippen molar-refractivity contribution in [2.75, 3.05) is 11.9 Å². The Hall–Kier alpha value is -2.63. The second kappa shape index (κ2) is 7.51. The Kier molecular flexibility index (Phi) is 5.16. The maximum atomic E-state index is 12.7. The molecule has 0 bridgehead atoms. The number of imidazole rings is 1. The molecule has 0 fully saturated rings. The number of rotatable bonds is 5. The van der Waals surface area contributed by atoms with Gasteiger partial charge in [-0.3, -0.25) is 9.59 Å². The summed E-state index contributed by atoms with van der Waals surface area (Å²) in [6.45, 7) is 5.33. The van der Waals surface area contributed by atoms with Gasteiger partial charge >= 0.3 is 0 Å². The number of aromatic nitrogens is 2. The molecule has 2 N–H and O–H groups in total. The van der Waals surface area contributed by atoms with Crippen molar-refractivity contribution >= 4 is 17.5 Å². The van der Waals surface area contributed by atoms with E-state index in [0.29, 0.717) is 18.1 Å². The zero-order valence-corrected chi connectivity index (χ0v) is 14.8. The molecule has 1 aliphatic rings. The summed E-state index contributed by atoms with van der Waals surface area (Å²) in [5.41, 5.74) is 3.11. The first-order valence-electron chi connectivity index (χ1n) is 8.85. The van der Waals surface area contributed by atoms with Gasteiger partial charge in [-0.2, -0.15) is 0 Å². The predicted molar refractivity (Wildman–Crippen MR) is 96.9 cm³/mol. The quantitative estimate of drug-likeness (QED) is 0.879. The molecule has 3 rings (SSSR count). The Morgan fingerprint density at radius 3 is 2.64 bits per heavy atom. The highest BCUT2D eigenvalue weighted by atomic mass is 16.2. The van der Waals surface area contributed by atoms with E-state index in [1.807, 2.05) is 42.7 Å². The molecule has 0 aliphatic carbocycles. The molecular formula is C19H24N4O2. The number of aryl methyl sites for hydroxylation is 1. The fraction of sp³-hybridized carbons (Fsp3) is 0.421. The molecule has 0 saturated carbocycles. The molecule has 132 valence electrons. The molecule has 2 amide bonds. The number of benzene rings is 1. The average molecular weight is 340 g/mol. The second-order valence-corrected chi connectivity index (χ2v) is 6.42. The Balaban J connectivity index is 1.87. The van der Waals surface area contributed by atoms with E-state index in [1.165, 1.54) is 0 Å². The van der Waals surface area contributed by atoms with E-state index in [9.17, 15) is 9.59 Å². The van der Waals surface area contributed by atoms with Crippen molar-refractivity contribution < 1.29 is 9.59 Å². The molecule has 0 spiro atoms. The van der Waals surface area contributed by atoms with E-state index < -0.39 is 0 Å². The molecule has 0 unspecified atom stereocenters. The largest absolute Gasteiger partial charge is 0.351 e. The Labute approximate surface area is 147 Å². The van der Waals surface area contributed by atoms with Crippen LogP contribution in [0.1, 0.15) is 58.6 Å². The number of nitrogens with zero attached hydrogens (tertiary/aromatic N) is 2. The Bertz CT molecular complexity index is 777. The monoisotopic (exact) mass is 340 g/mol. The van der Waals surface area contributed by atoms with Crippen LogP contribution in [0.5, 0.6) is 0 Å². The van der Waals surface area contributed by atoms with Crippen LogP contribution in [0.3, 0.4) is 0 Å². The average Bonchev–Trinajstić information content (AvgIpc) is 3.01. The standard InChI is InChI=1S/C19H24N4O2/c1-3-11-20-18(24)16-15-6-4-5-12-23(15)17(22-16)19(25)21-14-9-7-13(2)8-10-14/h7-10H,3-6,11-12H2,1-2H3,(H,20,24)(H,21,25). The van der Waals surface area contributed by atoms with E-state index >= 15 is 0 Å². The molecule has 6 heteroatoms. The normalized spacial score (nSPS) is 13.2. The lowest BCUT2D eigenvalue weighted by atomic mass is 10.1. The SMILES string of the molecule is CCCNC(=O)c1nc(C(=O)Nc2ccc(C)cc2)n2c1CCCC2. The molecule has 0 radical (unpaired) electrons. The summed E-state index contributed by atoms with van der Waals surface area (Å²) in [6, 6.07) is 7.62. The topological polar surface area (TPSA) is 76.0 Å². The number of carbonyl (C=O) groups excluding carboxylic acids is 2. The van der Waals surface area contributed by atoms with Crippen LogP contribution in [0.4, 0.5) is 5.69 Å². The van der Waals surface area contributed by atoms with Crippen LogP contribution in [0.15, 0.2) is 24.3 Å². The minimum absolute atomic E-state index is 0.193. The number of hydrogen-bond donors (Lipinski definition) is 2. The first kappa shape index (κ1) is 17.2. The van der Waals surface area contributed by atoms with Crippen molar-refractivity contribution in [2.24, 2.45) is 0 Å². The lowest BCUT2D eigenvalue weighted by molar-refractivity contribution is 0.0947. The summed E-state index contributed by atoms with van der Waals surface area (Å²) in [5, 5.41) is 5.74. The van der Waals surface area contributed by atoms with E-state index in [4.69, 9.17) is 0 Å². The van der Waals surface area contributed by atoms with E-state index in [0.717, 1.165) is 49.2 Å². The van der Waals surface area contributed by atoms with E-state index in [2.05, 4.69) is 15.6 Å². The van der Waals surface area contributed by atoms with Gasteiger partial charge in [0.15, 0.2) is 5.82 Å². The summed E-state index contributed by atoms with van der Waals surface area (Å²) in [5.74, 6) is -0.152. The molecule has 6 nitrogen and oxygen atoms in total. The van der Waals surface area contributed by atoms with Crippen LogP contribution in [-0.4, -0.2) is 27.9 Å². The van der Waals surface area contributed by atoms with Gasteiger partial charge in [0.25, 0.3) is 11.8 Å². The maximum Gasteiger partial charge on any atom is 0.291 e. The highest BCUT2D eigenvalue weighted by Gasteiger charge is 2.27. The van der Waals surface area contributed by atoms with Crippen LogP contribution in [0, 0.1) is 6.92 Å². The number of carbonyl (C=O) groups is 2. The summed E-state index contributed by atoms with van der Waals surface area (Å²) >= 11 is 0. The molecule has 1 aromatic heterocycles. The summed E-state index contributed by atoms with van der Waals surface area (Å²) in [4.78, 5) is 29.5. The van der Waals surface area contributed by atoms with Crippen molar-refractivity contribution in [2.45, 2.75) is 46.1 Å². The van der Waals surface area contributed by atoms with Gasteiger partial charge in [-0.05, 0) is 44.7 Å². The van der Waals surface area contributed by atoms with Gasteiger partial charge in [-0.15, -0.1) is 0 Å². The lowest BCUT2D eigenvalue weighted by Gasteiger charge is -2.17. The van der Waals surface area contributed by atoms with Crippen molar-refractivity contribution in [3.05, 3.63) is 47.0 Å². The first-order valence-corrected chi connectivity index (χ1v) is 8.85.